The lowest BCUT2D eigenvalue weighted by Crippen LogP contribution is -2.35. The zero-order valence-corrected chi connectivity index (χ0v) is 10.8. The topological polar surface area (TPSA) is 64.3 Å². The van der Waals surface area contributed by atoms with Gasteiger partial charge >= 0.3 is 0 Å². The Morgan fingerprint density at radius 1 is 1.47 bits per heavy atom. The second-order valence-electron chi connectivity index (χ2n) is 4.99. The zero-order valence-electron chi connectivity index (χ0n) is 10.8. The number of rotatable bonds is 4. The van der Waals surface area contributed by atoms with Crippen LogP contribution in [0.3, 0.4) is 0 Å². The van der Waals surface area contributed by atoms with E-state index in [9.17, 15) is 10.1 Å². The van der Waals surface area contributed by atoms with E-state index in [0.717, 1.165) is 12.0 Å². The number of benzene rings is 1. The van der Waals surface area contributed by atoms with Crippen LogP contribution in [0.1, 0.15) is 12.0 Å². The van der Waals surface area contributed by atoms with Gasteiger partial charge in [-0.05, 0) is 18.4 Å². The molecule has 2 unspecified atom stereocenters. The van der Waals surface area contributed by atoms with Crippen LogP contribution in [0.15, 0.2) is 30.3 Å². The molecule has 100 valence electrons. The molecule has 1 amide bonds. The fraction of sp³-hybridized carbons (Fsp3) is 0.467. The van der Waals surface area contributed by atoms with Crippen molar-refractivity contribution < 1.29 is 9.90 Å². The number of hydrogen-bond donors (Lipinski definition) is 1. The monoisotopic (exact) mass is 258 g/mol. The molecule has 1 aromatic carbocycles. The van der Waals surface area contributed by atoms with Crippen LogP contribution in [0, 0.1) is 23.2 Å². The summed E-state index contributed by atoms with van der Waals surface area (Å²) in [5.41, 5.74) is 1.00. The van der Waals surface area contributed by atoms with Gasteiger partial charge in [-0.1, -0.05) is 30.3 Å². The highest BCUT2D eigenvalue weighted by Crippen LogP contribution is 2.19. The number of aliphatic hydroxyl groups excluding tert-OH is 1. The first-order valence-electron chi connectivity index (χ1n) is 6.57. The number of carbonyl (C=O) groups is 1. The summed E-state index contributed by atoms with van der Waals surface area (Å²) in [5, 5.41) is 18.3. The average Bonchev–Trinajstić information content (AvgIpc) is 2.94. The fourth-order valence-corrected chi connectivity index (χ4v) is 2.44. The first kappa shape index (κ1) is 13.6. The summed E-state index contributed by atoms with van der Waals surface area (Å²) in [6.45, 7) is 1.33. The smallest absolute Gasteiger partial charge is 0.240 e. The van der Waals surface area contributed by atoms with Crippen molar-refractivity contribution in [3.63, 3.8) is 0 Å². The molecule has 1 saturated heterocycles. The molecular weight excluding hydrogens is 240 g/mol. The molecule has 1 fully saturated rings. The van der Waals surface area contributed by atoms with Crippen LogP contribution >= 0.6 is 0 Å². The third-order valence-corrected chi connectivity index (χ3v) is 3.59. The van der Waals surface area contributed by atoms with Gasteiger partial charge in [0.05, 0.1) is 6.07 Å². The van der Waals surface area contributed by atoms with Crippen LogP contribution in [0.5, 0.6) is 0 Å². The summed E-state index contributed by atoms with van der Waals surface area (Å²) in [6.07, 6.45) is 1.28. The molecule has 1 aliphatic rings. The molecule has 0 saturated carbocycles. The SMILES string of the molecule is N#CC(Cc1ccccc1)C(=O)N1CCC(CO)C1. The van der Waals surface area contributed by atoms with E-state index in [1.54, 1.807) is 4.90 Å². The molecule has 1 aromatic rings. The van der Waals surface area contributed by atoms with E-state index in [0.29, 0.717) is 19.5 Å². The molecule has 0 spiro atoms. The highest BCUT2D eigenvalue weighted by Gasteiger charge is 2.30. The zero-order chi connectivity index (χ0) is 13.7. The quantitative estimate of drug-likeness (QED) is 0.883. The van der Waals surface area contributed by atoms with Crippen LogP contribution in [-0.2, 0) is 11.2 Å². The summed E-state index contributed by atoms with van der Waals surface area (Å²) in [6, 6.07) is 11.7. The van der Waals surface area contributed by atoms with Crippen molar-refractivity contribution in [2.24, 2.45) is 11.8 Å². The van der Waals surface area contributed by atoms with Gasteiger partial charge in [0.1, 0.15) is 5.92 Å². The van der Waals surface area contributed by atoms with Gasteiger partial charge in [-0.15, -0.1) is 0 Å². The maximum Gasteiger partial charge on any atom is 0.240 e. The predicted molar refractivity (Wildman–Crippen MR) is 71.0 cm³/mol. The molecular formula is C15H18N2O2. The van der Waals surface area contributed by atoms with Gasteiger partial charge in [-0.3, -0.25) is 4.79 Å². The number of amides is 1. The molecule has 1 aliphatic heterocycles. The molecule has 0 aliphatic carbocycles. The fourth-order valence-electron chi connectivity index (χ4n) is 2.44. The van der Waals surface area contributed by atoms with Gasteiger partial charge in [0.15, 0.2) is 0 Å². The van der Waals surface area contributed by atoms with Crippen molar-refractivity contribution >= 4 is 5.91 Å². The summed E-state index contributed by atoms with van der Waals surface area (Å²) < 4.78 is 0. The molecule has 2 rings (SSSR count). The summed E-state index contributed by atoms with van der Waals surface area (Å²) in [7, 11) is 0. The summed E-state index contributed by atoms with van der Waals surface area (Å²) in [4.78, 5) is 14.0. The van der Waals surface area contributed by atoms with Crippen molar-refractivity contribution in [3.05, 3.63) is 35.9 Å². The lowest BCUT2D eigenvalue weighted by molar-refractivity contribution is -0.132. The third kappa shape index (κ3) is 3.33. The molecule has 1 heterocycles. The minimum atomic E-state index is -0.625. The predicted octanol–water partition coefficient (Wildman–Crippen LogP) is 1.21. The standard InChI is InChI=1S/C15H18N2O2/c16-9-14(8-12-4-2-1-3-5-12)15(19)17-7-6-13(10-17)11-18/h1-5,13-14,18H,6-8,10-11H2. The van der Waals surface area contributed by atoms with Crippen molar-refractivity contribution in [2.75, 3.05) is 19.7 Å². The number of aliphatic hydroxyl groups is 1. The van der Waals surface area contributed by atoms with Gasteiger partial charge in [0.2, 0.25) is 5.91 Å². The average molecular weight is 258 g/mol. The van der Waals surface area contributed by atoms with E-state index >= 15 is 0 Å². The molecule has 0 bridgehead atoms. The van der Waals surface area contributed by atoms with E-state index in [1.165, 1.54) is 0 Å². The van der Waals surface area contributed by atoms with Crippen LogP contribution in [0.4, 0.5) is 0 Å². The Bertz CT molecular complexity index is 467. The van der Waals surface area contributed by atoms with E-state index in [2.05, 4.69) is 6.07 Å². The first-order valence-corrected chi connectivity index (χ1v) is 6.57. The maximum atomic E-state index is 12.3. The van der Waals surface area contributed by atoms with Crippen LogP contribution in [0.25, 0.3) is 0 Å². The minimum Gasteiger partial charge on any atom is -0.396 e. The van der Waals surface area contributed by atoms with Crippen LogP contribution in [0.2, 0.25) is 0 Å². The van der Waals surface area contributed by atoms with Gasteiger partial charge in [-0.25, -0.2) is 0 Å². The van der Waals surface area contributed by atoms with E-state index in [-0.39, 0.29) is 18.4 Å². The van der Waals surface area contributed by atoms with E-state index < -0.39 is 5.92 Å². The Hall–Kier alpha value is -1.86. The molecule has 4 nitrogen and oxygen atoms in total. The van der Waals surface area contributed by atoms with Gasteiger partial charge in [0, 0.05) is 25.6 Å². The lowest BCUT2D eigenvalue weighted by atomic mass is 9.99. The third-order valence-electron chi connectivity index (χ3n) is 3.59. The van der Waals surface area contributed by atoms with Gasteiger partial charge in [0.25, 0.3) is 0 Å². The second kappa shape index (κ2) is 6.35. The Labute approximate surface area is 113 Å². The van der Waals surface area contributed by atoms with Gasteiger partial charge < -0.3 is 10.0 Å². The van der Waals surface area contributed by atoms with Crippen molar-refractivity contribution in [1.82, 2.24) is 4.90 Å². The summed E-state index contributed by atoms with van der Waals surface area (Å²) in [5.74, 6) is -0.567. The Morgan fingerprint density at radius 2 is 2.21 bits per heavy atom. The Kier molecular flexibility index (Phi) is 4.53. The van der Waals surface area contributed by atoms with E-state index in [1.807, 2.05) is 30.3 Å². The molecule has 2 atom stereocenters. The highest BCUT2D eigenvalue weighted by molar-refractivity contribution is 5.81. The number of carbonyl (C=O) groups excluding carboxylic acids is 1. The van der Waals surface area contributed by atoms with Crippen molar-refractivity contribution in [1.29, 1.82) is 5.26 Å². The van der Waals surface area contributed by atoms with Crippen molar-refractivity contribution in [2.45, 2.75) is 12.8 Å². The Morgan fingerprint density at radius 3 is 2.79 bits per heavy atom. The number of likely N-dealkylation sites (tertiary alicyclic amines) is 1. The van der Waals surface area contributed by atoms with Crippen LogP contribution in [-0.4, -0.2) is 35.6 Å². The summed E-state index contributed by atoms with van der Waals surface area (Å²) >= 11 is 0. The minimum absolute atomic E-state index is 0.109. The molecule has 0 radical (unpaired) electrons. The molecule has 19 heavy (non-hydrogen) atoms. The number of nitrogens with zero attached hydrogens (tertiary/aromatic N) is 2. The number of hydrogen-bond acceptors (Lipinski definition) is 3. The Balaban J connectivity index is 1.99. The normalized spacial score (nSPS) is 20.0. The first-order chi connectivity index (χ1) is 9.24. The van der Waals surface area contributed by atoms with Crippen LogP contribution < -0.4 is 0 Å². The van der Waals surface area contributed by atoms with Crippen molar-refractivity contribution in [3.8, 4) is 6.07 Å². The largest absolute Gasteiger partial charge is 0.396 e. The van der Waals surface area contributed by atoms with Gasteiger partial charge in [-0.2, -0.15) is 5.26 Å². The number of nitriles is 1. The molecule has 0 aromatic heterocycles. The highest BCUT2D eigenvalue weighted by atomic mass is 16.3. The lowest BCUT2D eigenvalue weighted by Gasteiger charge is -2.19. The molecule has 1 N–H and O–H groups in total. The molecule has 4 heteroatoms. The second-order valence-corrected chi connectivity index (χ2v) is 4.99. The van der Waals surface area contributed by atoms with E-state index in [4.69, 9.17) is 5.11 Å². The maximum absolute atomic E-state index is 12.3.